The van der Waals surface area contributed by atoms with Gasteiger partial charge in [0.05, 0.1) is 11.6 Å². The molecule has 0 aliphatic carbocycles. The van der Waals surface area contributed by atoms with E-state index in [0.29, 0.717) is 10.6 Å². The van der Waals surface area contributed by atoms with Crippen molar-refractivity contribution in [3.63, 3.8) is 0 Å². The molecule has 1 amide bonds. The monoisotopic (exact) mass is 340 g/mol. The summed E-state index contributed by atoms with van der Waals surface area (Å²) in [5.74, 6) is -0.422. The Hall–Kier alpha value is -2.05. The molecule has 0 saturated carbocycles. The molecule has 2 atom stereocenters. The molecule has 0 unspecified atom stereocenters. The highest BCUT2D eigenvalue weighted by atomic mass is 35.5. The first-order valence-electron chi connectivity index (χ1n) is 6.80. The summed E-state index contributed by atoms with van der Waals surface area (Å²) in [6.45, 7) is 0. The molecule has 0 radical (unpaired) electrons. The van der Waals surface area contributed by atoms with Crippen LogP contribution in [-0.4, -0.2) is 11.9 Å². The number of carbonyl (C=O) groups excluding carboxylic acids is 1. The van der Waals surface area contributed by atoms with Crippen LogP contribution in [0.15, 0.2) is 48.5 Å². The Kier molecular flexibility index (Phi) is 3.82. The van der Waals surface area contributed by atoms with Crippen LogP contribution in [0, 0.1) is 0 Å². The zero-order valence-corrected chi connectivity index (χ0v) is 12.5. The fraction of sp³-hybridized carbons (Fsp3) is 0.188. The molecule has 3 nitrogen and oxygen atoms in total. The summed E-state index contributed by atoms with van der Waals surface area (Å²) in [7, 11) is 0. The minimum absolute atomic E-state index is 0.163. The van der Waals surface area contributed by atoms with Crippen LogP contribution in [0.1, 0.15) is 17.2 Å². The van der Waals surface area contributed by atoms with E-state index in [-0.39, 0.29) is 5.69 Å². The number of nitrogens with two attached hydrogens (primary N) is 1. The summed E-state index contributed by atoms with van der Waals surface area (Å²) in [4.78, 5) is 13.3. The zero-order valence-electron chi connectivity index (χ0n) is 11.7. The molecule has 2 aromatic carbocycles. The summed E-state index contributed by atoms with van der Waals surface area (Å²) < 4.78 is 38.6. The van der Waals surface area contributed by atoms with Crippen molar-refractivity contribution in [2.75, 3.05) is 4.90 Å². The number of halogens is 4. The number of anilines is 1. The van der Waals surface area contributed by atoms with Gasteiger partial charge < -0.3 is 10.6 Å². The van der Waals surface area contributed by atoms with Gasteiger partial charge in [0.15, 0.2) is 0 Å². The second-order valence-electron chi connectivity index (χ2n) is 5.28. The number of rotatable bonds is 2. The van der Waals surface area contributed by atoms with Gasteiger partial charge in [0.2, 0.25) is 5.91 Å². The second-order valence-corrected chi connectivity index (χ2v) is 5.72. The summed E-state index contributed by atoms with van der Waals surface area (Å²) in [5.41, 5.74) is 5.88. The van der Waals surface area contributed by atoms with E-state index in [0.717, 1.165) is 12.1 Å². The molecule has 0 bridgehead atoms. The van der Waals surface area contributed by atoms with E-state index in [1.165, 1.54) is 17.0 Å². The third kappa shape index (κ3) is 2.80. The summed E-state index contributed by atoms with van der Waals surface area (Å²) in [6, 6.07) is 10.1. The first-order chi connectivity index (χ1) is 10.8. The molecule has 7 heteroatoms. The first-order valence-corrected chi connectivity index (χ1v) is 7.18. The lowest BCUT2D eigenvalue weighted by atomic mass is 9.88. The Bertz CT molecular complexity index is 763. The van der Waals surface area contributed by atoms with Crippen LogP contribution in [0.2, 0.25) is 5.02 Å². The molecule has 0 aromatic heterocycles. The van der Waals surface area contributed by atoms with Crippen molar-refractivity contribution in [1.82, 2.24) is 0 Å². The van der Waals surface area contributed by atoms with Crippen molar-refractivity contribution in [2.24, 2.45) is 5.73 Å². The largest absolute Gasteiger partial charge is 0.416 e. The smallest absolute Gasteiger partial charge is 0.318 e. The molecule has 1 aliphatic rings. The van der Waals surface area contributed by atoms with E-state index in [2.05, 4.69) is 0 Å². The van der Waals surface area contributed by atoms with Crippen molar-refractivity contribution in [2.45, 2.75) is 18.3 Å². The molecule has 1 aliphatic heterocycles. The van der Waals surface area contributed by atoms with Gasteiger partial charge in [-0.2, -0.15) is 13.2 Å². The van der Waals surface area contributed by atoms with Crippen LogP contribution in [0.3, 0.4) is 0 Å². The third-order valence-electron chi connectivity index (χ3n) is 3.78. The Morgan fingerprint density at radius 2 is 1.78 bits per heavy atom. The van der Waals surface area contributed by atoms with Crippen LogP contribution in [0.4, 0.5) is 18.9 Å². The molecular weight excluding hydrogens is 329 g/mol. The van der Waals surface area contributed by atoms with Crippen molar-refractivity contribution < 1.29 is 18.0 Å². The maximum atomic E-state index is 12.9. The number of hydrogen-bond acceptors (Lipinski definition) is 2. The summed E-state index contributed by atoms with van der Waals surface area (Å²) >= 11 is 5.94. The average Bonchev–Trinajstić information content (AvgIpc) is 2.50. The van der Waals surface area contributed by atoms with Crippen molar-refractivity contribution in [1.29, 1.82) is 0 Å². The zero-order chi connectivity index (χ0) is 16.8. The molecular formula is C16H12ClF3N2O. The van der Waals surface area contributed by atoms with E-state index in [1.54, 1.807) is 24.3 Å². The van der Waals surface area contributed by atoms with Gasteiger partial charge in [-0.3, -0.25) is 4.79 Å². The molecule has 2 N–H and O–H groups in total. The first kappa shape index (κ1) is 15.8. The maximum Gasteiger partial charge on any atom is 0.416 e. The van der Waals surface area contributed by atoms with Gasteiger partial charge >= 0.3 is 6.18 Å². The SMILES string of the molecule is N[C@H]1C(=O)N(c2cccc(C(F)(F)F)c2)[C@H]1c1cccc(Cl)c1. The highest BCUT2D eigenvalue weighted by Gasteiger charge is 2.47. The van der Waals surface area contributed by atoms with Crippen LogP contribution < -0.4 is 10.6 Å². The molecule has 0 spiro atoms. The number of amides is 1. The van der Waals surface area contributed by atoms with E-state index >= 15 is 0 Å². The summed E-state index contributed by atoms with van der Waals surface area (Å²) in [5, 5.41) is 0.470. The third-order valence-corrected chi connectivity index (χ3v) is 4.02. The lowest BCUT2D eigenvalue weighted by Gasteiger charge is -2.45. The normalized spacial score (nSPS) is 21.3. The van der Waals surface area contributed by atoms with E-state index in [1.807, 2.05) is 0 Å². The number of hydrogen-bond donors (Lipinski definition) is 1. The van der Waals surface area contributed by atoms with Gasteiger partial charge in [-0.05, 0) is 35.9 Å². The van der Waals surface area contributed by atoms with Crippen LogP contribution in [0.5, 0.6) is 0 Å². The fourth-order valence-electron chi connectivity index (χ4n) is 2.68. The van der Waals surface area contributed by atoms with Gasteiger partial charge in [-0.25, -0.2) is 0 Å². The minimum atomic E-state index is -4.47. The number of benzene rings is 2. The van der Waals surface area contributed by atoms with Crippen LogP contribution in [-0.2, 0) is 11.0 Å². The van der Waals surface area contributed by atoms with Gasteiger partial charge in [-0.15, -0.1) is 0 Å². The van der Waals surface area contributed by atoms with Crippen molar-refractivity contribution in [3.05, 3.63) is 64.7 Å². The van der Waals surface area contributed by atoms with Gasteiger partial charge in [0.1, 0.15) is 6.04 Å². The fourth-order valence-corrected chi connectivity index (χ4v) is 2.88. The molecule has 1 saturated heterocycles. The van der Waals surface area contributed by atoms with Crippen LogP contribution >= 0.6 is 11.6 Å². The molecule has 120 valence electrons. The van der Waals surface area contributed by atoms with Gasteiger partial charge in [-0.1, -0.05) is 29.8 Å². The second kappa shape index (κ2) is 5.54. The van der Waals surface area contributed by atoms with E-state index in [9.17, 15) is 18.0 Å². The maximum absolute atomic E-state index is 12.9. The predicted octanol–water partition coefficient (Wildman–Crippen LogP) is 3.77. The van der Waals surface area contributed by atoms with E-state index in [4.69, 9.17) is 17.3 Å². The van der Waals surface area contributed by atoms with Crippen LogP contribution in [0.25, 0.3) is 0 Å². The topological polar surface area (TPSA) is 46.3 Å². The lowest BCUT2D eigenvalue weighted by Crippen LogP contribution is -2.63. The number of alkyl halides is 3. The highest BCUT2D eigenvalue weighted by molar-refractivity contribution is 6.30. The Morgan fingerprint density at radius 3 is 2.43 bits per heavy atom. The van der Waals surface area contributed by atoms with E-state index < -0.39 is 29.7 Å². The lowest BCUT2D eigenvalue weighted by molar-refractivity contribution is -0.137. The van der Waals surface area contributed by atoms with Gasteiger partial charge in [0.25, 0.3) is 0 Å². The molecule has 2 aromatic rings. The number of carbonyl (C=O) groups is 1. The quantitative estimate of drug-likeness (QED) is 0.846. The highest BCUT2D eigenvalue weighted by Crippen LogP contribution is 2.40. The predicted molar refractivity (Wildman–Crippen MR) is 81.1 cm³/mol. The molecule has 1 fully saturated rings. The van der Waals surface area contributed by atoms with Crippen molar-refractivity contribution in [3.8, 4) is 0 Å². The minimum Gasteiger partial charge on any atom is -0.318 e. The molecule has 23 heavy (non-hydrogen) atoms. The molecule has 1 heterocycles. The Labute approximate surface area is 135 Å². The standard InChI is InChI=1S/C16H12ClF3N2O/c17-11-5-1-3-9(7-11)14-13(21)15(23)22(14)12-6-2-4-10(8-12)16(18,19)20/h1-8,13-14H,21H2/t13-,14+/m1/s1. The number of nitrogens with zero attached hydrogens (tertiary/aromatic N) is 1. The Morgan fingerprint density at radius 1 is 1.09 bits per heavy atom. The Balaban J connectivity index is 2.00. The van der Waals surface area contributed by atoms with Crippen molar-refractivity contribution >= 4 is 23.2 Å². The van der Waals surface area contributed by atoms with Gasteiger partial charge in [0, 0.05) is 10.7 Å². The summed E-state index contributed by atoms with van der Waals surface area (Å²) in [6.07, 6.45) is -4.47. The average molecular weight is 341 g/mol. The molecule has 3 rings (SSSR count). The number of β-lactam (4-membered cyclic amide) rings is 1.